The molecule has 2 aromatic rings. The van der Waals surface area contributed by atoms with Crippen LogP contribution < -0.4 is 15.8 Å². The lowest BCUT2D eigenvalue weighted by molar-refractivity contribution is 0.132. The van der Waals surface area contributed by atoms with Crippen LogP contribution in [0, 0.1) is 5.82 Å². The van der Waals surface area contributed by atoms with Crippen molar-refractivity contribution in [3.63, 3.8) is 0 Å². The number of benzene rings is 1. The van der Waals surface area contributed by atoms with Gasteiger partial charge in [-0.3, -0.25) is 0 Å². The molecule has 1 aromatic carbocycles. The maximum absolute atomic E-state index is 15.1. The first-order chi connectivity index (χ1) is 14.5. The van der Waals surface area contributed by atoms with Crippen LogP contribution in [0.25, 0.3) is 11.0 Å². The lowest BCUT2D eigenvalue weighted by Crippen LogP contribution is -2.31. The van der Waals surface area contributed by atoms with E-state index in [0.717, 1.165) is 12.2 Å². The Balaban J connectivity index is 1.62. The fourth-order valence-corrected chi connectivity index (χ4v) is 4.57. The van der Waals surface area contributed by atoms with Crippen LogP contribution in [0.1, 0.15) is 29.8 Å². The molecule has 4 heterocycles. The van der Waals surface area contributed by atoms with Crippen molar-refractivity contribution >= 4 is 34.7 Å². The molecule has 1 aromatic heterocycles. The molecule has 1 fully saturated rings. The molecule has 30 heavy (non-hydrogen) atoms. The monoisotopic (exact) mass is 434 g/mol. The number of nitrogens with zero attached hydrogens (tertiary/aromatic N) is 4. The van der Waals surface area contributed by atoms with Gasteiger partial charge in [-0.2, -0.15) is 0 Å². The first-order valence-electron chi connectivity index (χ1n) is 9.61. The summed E-state index contributed by atoms with van der Waals surface area (Å²) in [6.07, 6.45) is 1.90. The number of methoxy groups -OCH3 is 1. The number of hydrogen-bond acceptors (Lipinski definition) is 7. The molecule has 2 unspecified atom stereocenters. The fourth-order valence-electron chi connectivity index (χ4n) is 4.35. The number of nitrogens with one attached hydrogen (secondary N) is 1. The van der Waals surface area contributed by atoms with Crippen LogP contribution in [0.5, 0.6) is 5.75 Å². The van der Waals surface area contributed by atoms with Crippen LogP contribution >= 0.6 is 11.6 Å². The van der Waals surface area contributed by atoms with Gasteiger partial charge in [-0.05, 0) is 12.5 Å². The number of carbonyl (C=O) groups is 1. The van der Waals surface area contributed by atoms with E-state index in [9.17, 15) is 4.79 Å². The van der Waals surface area contributed by atoms with E-state index in [1.54, 1.807) is 4.90 Å². The Morgan fingerprint density at radius 1 is 1.47 bits per heavy atom. The molecule has 1 saturated heterocycles. The van der Waals surface area contributed by atoms with Crippen molar-refractivity contribution in [2.24, 2.45) is 10.7 Å². The second-order valence-electron chi connectivity index (χ2n) is 7.44. The minimum absolute atomic E-state index is 0.0127. The summed E-state index contributed by atoms with van der Waals surface area (Å²) in [4.78, 5) is 22.4. The van der Waals surface area contributed by atoms with E-state index >= 15 is 4.39 Å². The number of aromatic nitrogens is 2. The lowest BCUT2D eigenvalue weighted by atomic mass is 10.0. The van der Waals surface area contributed by atoms with Crippen molar-refractivity contribution in [3.8, 4) is 5.75 Å². The summed E-state index contributed by atoms with van der Waals surface area (Å²) >= 11 is 6.33. The number of rotatable bonds is 2. The summed E-state index contributed by atoms with van der Waals surface area (Å²) in [5.74, 6) is 0.951. The van der Waals surface area contributed by atoms with Crippen molar-refractivity contribution < 1.29 is 18.7 Å². The van der Waals surface area contributed by atoms with Crippen LogP contribution in [0.3, 0.4) is 0 Å². The van der Waals surface area contributed by atoms with Crippen LogP contribution in [0.2, 0.25) is 0 Å². The van der Waals surface area contributed by atoms with E-state index in [4.69, 9.17) is 26.8 Å². The fraction of sp³-hybridized carbons (Fsp3) is 0.421. The first-order valence-corrected chi connectivity index (χ1v) is 9.99. The summed E-state index contributed by atoms with van der Waals surface area (Å²) in [7, 11) is 1.36. The zero-order valence-electron chi connectivity index (χ0n) is 16.2. The normalized spacial score (nSPS) is 23.0. The number of carbonyl (C=O) groups excluding carboxylic acids is 1. The molecule has 1 amide bonds. The van der Waals surface area contributed by atoms with Crippen molar-refractivity contribution in [3.05, 3.63) is 34.5 Å². The Morgan fingerprint density at radius 3 is 3.10 bits per heavy atom. The molecule has 0 radical (unpaired) electrons. The average molecular weight is 435 g/mol. The molecule has 158 valence electrons. The molecule has 9 nitrogen and oxygen atoms in total. The minimum atomic E-state index is -0.659. The van der Waals surface area contributed by atoms with E-state index in [2.05, 4.69) is 15.3 Å². The van der Waals surface area contributed by atoms with Crippen LogP contribution in [0.15, 0.2) is 22.3 Å². The molecule has 0 aliphatic carbocycles. The largest absolute Gasteiger partial charge is 0.489 e. The highest BCUT2D eigenvalue weighted by Crippen LogP contribution is 2.44. The molecule has 3 N–H and O–H groups in total. The van der Waals surface area contributed by atoms with Crippen molar-refractivity contribution in [1.29, 1.82) is 0 Å². The van der Waals surface area contributed by atoms with E-state index < -0.39 is 11.9 Å². The molecule has 3 aliphatic heterocycles. The van der Waals surface area contributed by atoms with Gasteiger partial charge in [-0.1, -0.05) is 11.6 Å². The van der Waals surface area contributed by atoms with E-state index in [1.165, 1.54) is 19.4 Å². The molecular formula is C19H20ClFN6O3. The Hall–Kier alpha value is -3.01. The Kier molecular flexibility index (Phi) is 4.46. The number of guanidine groups is 1. The number of aliphatic imine (C=N–C) groups is 1. The van der Waals surface area contributed by atoms with Gasteiger partial charge in [0.05, 0.1) is 18.7 Å². The second-order valence-corrected chi connectivity index (χ2v) is 7.87. The van der Waals surface area contributed by atoms with Crippen LogP contribution in [-0.2, 0) is 11.3 Å². The molecule has 0 bridgehead atoms. The third-order valence-electron chi connectivity index (χ3n) is 5.71. The standard InChI is InChI=1S/C19H20ClFN6O3/c1-29-19(28)26-3-2-9(8-26)17-24-14-12(21)6-10(13-11(20)7-23-18(22)25-13)16-15(14)27(17)4-5-30-16/h6-7,9,13H,2-5,8H2,1H3,(H3,22,23,25). The van der Waals surface area contributed by atoms with Gasteiger partial charge in [-0.25, -0.2) is 19.2 Å². The predicted molar refractivity (Wildman–Crippen MR) is 108 cm³/mol. The van der Waals surface area contributed by atoms with E-state index in [-0.39, 0.29) is 23.5 Å². The number of nitrogens with two attached hydrogens (primary N) is 1. The van der Waals surface area contributed by atoms with Crippen molar-refractivity contribution in [2.45, 2.75) is 24.9 Å². The lowest BCUT2D eigenvalue weighted by Gasteiger charge is -2.25. The molecule has 3 aliphatic rings. The maximum atomic E-state index is 15.1. The van der Waals surface area contributed by atoms with Gasteiger partial charge in [0.1, 0.15) is 29.5 Å². The summed E-state index contributed by atoms with van der Waals surface area (Å²) in [5.41, 5.74) is 7.11. The first kappa shape index (κ1) is 19.0. The highest BCUT2D eigenvalue weighted by atomic mass is 35.5. The quantitative estimate of drug-likeness (QED) is 0.750. The topological polar surface area (TPSA) is 107 Å². The van der Waals surface area contributed by atoms with Crippen LogP contribution in [0.4, 0.5) is 9.18 Å². The van der Waals surface area contributed by atoms with E-state index in [0.29, 0.717) is 48.1 Å². The number of ether oxygens (including phenoxy) is 2. The summed E-state index contributed by atoms with van der Waals surface area (Å²) < 4.78 is 27.9. The summed E-state index contributed by atoms with van der Waals surface area (Å²) in [6.45, 7) is 1.99. The summed E-state index contributed by atoms with van der Waals surface area (Å²) in [5, 5.41) is 3.12. The van der Waals surface area contributed by atoms with E-state index in [1.807, 2.05) is 4.57 Å². The second kappa shape index (κ2) is 7.05. The highest BCUT2D eigenvalue weighted by molar-refractivity contribution is 6.30. The number of imidazole rings is 1. The predicted octanol–water partition coefficient (Wildman–Crippen LogP) is 2.16. The van der Waals surface area contributed by atoms with Crippen molar-refractivity contribution in [1.82, 2.24) is 19.8 Å². The van der Waals surface area contributed by atoms with Gasteiger partial charge in [-0.15, -0.1) is 0 Å². The Morgan fingerprint density at radius 2 is 2.30 bits per heavy atom. The van der Waals surface area contributed by atoms with Gasteiger partial charge in [0.25, 0.3) is 0 Å². The third-order valence-corrected chi connectivity index (χ3v) is 6.03. The van der Waals surface area contributed by atoms with Gasteiger partial charge in [0, 0.05) is 30.8 Å². The number of hydrogen-bond donors (Lipinski definition) is 2. The van der Waals surface area contributed by atoms with Gasteiger partial charge in [0.15, 0.2) is 17.5 Å². The Labute approximate surface area is 176 Å². The number of likely N-dealkylation sites (tertiary alicyclic amines) is 1. The minimum Gasteiger partial charge on any atom is -0.489 e. The molecule has 0 saturated carbocycles. The van der Waals surface area contributed by atoms with Gasteiger partial charge >= 0.3 is 6.09 Å². The van der Waals surface area contributed by atoms with Crippen LogP contribution in [-0.4, -0.2) is 53.3 Å². The maximum Gasteiger partial charge on any atom is 0.409 e. The smallest absolute Gasteiger partial charge is 0.409 e. The average Bonchev–Trinajstić information content (AvgIpc) is 3.38. The molecular weight excluding hydrogens is 415 g/mol. The molecule has 0 spiro atoms. The highest BCUT2D eigenvalue weighted by Gasteiger charge is 2.35. The SMILES string of the molecule is COC(=O)N1CCC(c2nc3c(F)cc(C4N=C(N)NC=C4Cl)c4c3n2CCO4)C1. The zero-order chi connectivity index (χ0) is 21.0. The third kappa shape index (κ3) is 2.85. The Bertz CT molecular complexity index is 1110. The summed E-state index contributed by atoms with van der Waals surface area (Å²) in [6, 6.07) is 0.704. The molecule has 2 atom stereocenters. The van der Waals surface area contributed by atoms with Crippen molar-refractivity contribution in [2.75, 3.05) is 26.8 Å². The molecule has 5 rings (SSSR count). The zero-order valence-corrected chi connectivity index (χ0v) is 16.9. The van der Waals surface area contributed by atoms with Gasteiger partial charge < -0.3 is 30.0 Å². The number of amides is 1. The number of halogens is 2. The molecule has 11 heteroatoms. The van der Waals surface area contributed by atoms with Gasteiger partial charge in [0.2, 0.25) is 0 Å².